The lowest BCUT2D eigenvalue weighted by Gasteiger charge is -2.13. The Balaban J connectivity index is 1.87. The largest absolute Gasteiger partial charge is 0.339 e. The van der Waals surface area contributed by atoms with Crippen LogP contribution in [-0.4, -0.2) is 24.9 Å². The molecule has 0 atom stereocenters. The van der Waals surface area contributed by atoms with Crippen LogP contribution < -0.4 is 0 Å². The summed E-state index contributed by atoms with van der Waals surface area (Å²) in [7, 11) is 0. The molecule has 27 heavy (non-hydrogen) atoms. The quantitative estimate of drug-likeness (QED) is 0.451. The van der Waals surface area contributed by atoms with Crippen molar-refractivity contribution in [3.8, 4) is 11.4 Å². The van der Waals surface area contributed by atoms with Crippen LogP contribution in [0, 0.1) is 5.92 Å². The third kappa shape index (κ3) is 4.83. The summed E-state index contributed by atoms with van der Waals surface area (Å²) in [5.74, 6) is 3.20. The van der Waals surface area contributed by atoms with Crippen molar-refractivity contribution >= 4 is 35.0 Å². The minimum absolute atomic E-state index is 0.208. The third-order valence-electron chi connectivity index (χ3n) is 3.74. The minimum Gasteiger partial charge on any atom is -0.339 e. The minimum atomic E-state index is 0.208. The molecule has 2 aromatic heterocycles. The molecule has 6 nitrogen and oxygen atoms in total. The van der Waals surface area contributed by atoms with Gasteiger partial charge in [-0.05, 0) is 24.1 Å². The average molecular weight is 426 g/mol. The van der Waals surface area contributed by atoms with Crippen molar-refractivity contribution in [3.05, 3.63) is 40.0 Å². The van der Waals surface area contributed by atoms with Crippen LogP contribution in [-0.2, 0) is 12.3 Å². The summed E-state index contributed by atoms with van der Waals surface area (Å²) in [5.41, 5.74) is 0.808. The van der Waals surface area contributed by atoms with E-state index in [9.17, 15) is 0 Å². The Bertz CT molecular complexity index is 922. The summed E-state index contributed by atoms with van der Waals surface area (Å²) >= 11 is 13.9. The number of halogens is 2. The maximum Gasteiger partial charge on any atom is 0.229 e. The van der Waals surface area contributed by atoms with E-state index in [1.165, 1.54) is 11.8 Å². The smallest absolute Gasteiger partial charge is 0.229 e. The van der Waals surface area contributed by atoms with Gasteiger partial charge in [0.15, 0.2) is 16.8 Å². The molecule has 0 aliphatic rings. The summed E-state index contributed by atoms with van der Waals surface area (Å²) in [4.78, 5) is 4.41. The standard InChI is InChI=1S/C18H21Cl2N5OS/c1-10(2)8-25-16(13-6-5-12(19)7-14(13)20)22-23-18(25)27-9-15-21-17(11(3)4)26-24-15/h5-7,10-11H,8-9H2,1-4H3. The number of nitrogens with zero attached hydrogens (tertiary/aromatic N) is 5. The Morgan fingerprint density at radius 2 is 1.93 bits per heavy atom. The zero-order valence-corrected chi connectivity index (χ0v) is 17.9. The van der Waals surface area contributed by atoms with E-state index in [2.05, 4.69) is 38.8 Å². The van der Waals surface area contributed by atoms with Crippen LogP contribution in [0.25, 0.3) is 11.4 Å². The Morgan fingerprint density at radius 1 is 1.15 bits per heavy atom. The lowest BCUT2D eigenvalue weighted by Crippen LogP contribution is -2.08. The molecule has 144 valence electrons. The highest BCUT2D eigenvalue weighted by atomic mass is 35.5. The number of hydrogen-bond acceptors (Lipinski definition) is 6. The predicted octanol–water partition coefficient (Wildman–Crippen LogP) is 5.71. The van der Waals surface area contributed by atoms with Crippen LogP contribution in [0.3, 0.4) is 0 Å². The number of hydrogen-bond donors (Lipinski definition) is 0. The van der Waals surface area contributed by atoms with Gasteiger partial charge in [0, 0.05) is 23.0 Å². The fraction of sp³-hybridized carbons (Fsp3) is 0.444. The molecule has 9 heteroatoms. The van der Waals surface area contributed by atoms with Crippen molar-refractivity contribution < 1.29 is 4.52 Å². The molecule has 1 aromatic carbocycles. The van der Waals surface area contributed by atoms with Gasteiger partial charge in [-0.2, -0.15) is 4.98 Å². The van der Waals surface area contributed by atoms with Gasteiger partial charge in [0.25, 0.3) is 0 Å². The first kappa shape index (κ1) is 20.2. The first-order valence-corrected chi connectivity index (χ1v) is 10.4. The van der Waals surface area contributed by atoms with Crippen LogP contribution in [0.5, 0.6) is 0 Å². The van der Waals surface area contributed by atoms with Crippen LogP contribution in [0.4, 0.5) is 0 Å². The van der Waals surface area contributed by atoms with Crippen LogP contribution >= 0.6 is 35.0 Å². The van der Waals surface area contributed by atoms with Gasteiger partial charge in [0.1, 0.15) is 0 Å². The zero-order valence-electron chi connectivity index (χ0n) is 15.6. The Morgan fingerprint density at radius 3 is 2.56 bits per heavy atom. The molecular weight excluding hydrogens is 405 g/mol. The number of aromatic nitrogens is 5. The Labute approximate surface area is 172 Å². The topological polar surface area (TPSA) is 69.6 Å². The lowest BCUT2D eigenvalue weighted by molar-refractivity contribution is 0.362. The van der Waals surface area contributed by atoms with E-state index in [0.717, 1.165) is 23.1 Å². The van der Waals surface area contributed by atoms with Crippen molar-refractivity contribution in [1.29, 1.82) is 0 Å². The first-order valence-electron chi connectivity index (χ1n) is 8.69. The van der Waals surface area contributed by atoms with E-state index in [4.69, 9.17) is 27.7 Å². The van der Waals surface area contributed by atoms with Crippen LogP contribution in [0.15, 0.2) is 27.9 Å². The lowest BCUT2D eigenvalue weighted by atomic mass is 10.2. The summed E-state index contributed by atoms with van der Waals surface area (Å²) in [5, 5.41) is 14.7. The van der Waals surface area contributed by atoms with Gasteiger partial charge in [-0.1, -0.05) is 67.8 Å². The summed E-state index contributed by atoms with van der Waals surface area (Å²) < 4.78 is 7.34. The van der Waals surface area contributed by atoms with Crippen molar-refractivity contribution in [1.82, 2.24) is 24.9 Å². The molecule has 0 unspecified atom stereocenters. The Hall–Kier alpha value is -1.57. The van der Waals surface area contributed by atoms with E-state index in [1.807, 2.05) is 19.9 Å². The molecule has 0 aliphatic carbocycles. The molecule has 3 rings (SSSR count). The maximum atomic E-state index is 6.38. The number of rotatable bonds is 7. The van der Waals surface area contributed by atoms with E-state index in [1.54, 1.807) is 12.1 Å². The van der Waals surface area contributed by atoms with Crippen molar-refractivity contribution in [2.75, 3.05) is 0 Å². The fourth-order valence-corrected chi connectivity index (χ4v) is 3.77. The van der Waals surface area contributed by atoms with Gasteiger partial charge < -0.3 is 9.09 Å². The fourth-order valence-electron chi connectivity index (χ4n) is 2.48. The molecule has 3 aromatic rings. The third-order valence-corrected chi connectivity index (χ3v) is 5.26. The van der Waals surface area contributed by atoms with Crippen molar-refractivity contribution in [2.45, 2.75) is 51.1 Å². The second kappa shape index (κ2) is 8.63. The second-order valence-electron chi connectivity index (χ2n) is 6.93. The van der Waals surface area contributed by atoms with Gasteiger partial charge >= 0.3 is 0 Å². The highest BCUT2D eigenvalue weighted by Gasteiger charge is 2.19. The predicted molar refractivity (Wildman–Crippen MR) is 108 cm³/mol. The summed E-state index contributed by atoms with van der Waals surface area (Å²) in [6.45, 7) is 9.11. The zero-order chi connectivity index (χ0) is 19.6. The van der Waals surface area contributed by atoms with E-state index in [-0.39, 0.29) is 5.92 Å². The van der Waals surface area contributed by atoms with Crippen LogP contribution in [0.2, 0.25) is 10.0 Å². The van der Waals surface area contributed by atoms with Crippen molar-refractivity contribution in [2.24, 2.45) is 5.92 Å². The molecule has 0 saturated heterocycles. The molecular formula is C18H21Cl2N5OS. The molecule has 2 heterocycles. The molecule has 0 aliphatic heterocycles. The van der Waals surface area contributed by atoms with E-state index < -0.39 is 0 Å². The van der Waals surface area contributed by atoms with Gasteiger partial charge in [-0.15, -0.1) is 10.2 Å². The molecule has 0 radical (unpaired) electrons. The average Bonchev–Trinajstić information content (AvgIpc) is 3.20. The molecule has 0 spiro atoms. The van der Waals surface area contributed by atoms with Gasteiger partial charge in [0.05, 0.1) is 10.8 Å². The van der Waals surface area contributed by atoms with Gasteiger partial charge in [-0.3, -0.25) is 0 Å². The maximum absolute atomic E-state index is 6.38. The molecule has 0 fully saturated rings. The number of benzene rings is 1. The second-order valence-corrected chi connectivity index (χ2v) is 8.71. The SMILES string of the molecule is CC(C)Cn1c(SCc2noc(C(C)C)n2)nnc1-c1ccc(Cl)cc1Cl. The highest BCUT2D eigenvalue weighted by Crippen LogP contribution is 2.32. The van der Waals surface area contributed by atoms with E-state index >= 15 is 0 Å². The molecule has 0 amide bonds. The molecule has 0 bridgehead atoms. The monoisotopic (exact) mass is 425 g/mol. The van der Waals surface area contributed by atoms with E-state index in [0.29, 0.717) is 33.4 Å². The first-order chi connectivity index (χ1) is 12.8. The normalized spacial score (nSPS) is 11.7. The highest BCUT2D eigenvalue weighted by molar-refractivity contribution is 7.98. The molecule has 0 saturated carbocycles. The Kier molecular flexibility index (Phi) is 6.44. The van der Waals surface area contributed by atoms with Gasteiger partial charge in [-0.25, -0.2) is 0 Å². The van der Waals surface area contributed by atoms with Crippen LogP contribution in [0.1, 0.15) is 45.3 Å². The van der Waals surface area contributed by atoms with Gasteiger partial charge in [0.2, 0.25) is 5.89 Å². The molecule has 0 N–H and O–H groups in total. The van der Waals surface area contributed by atoms with Crippen molar-refractivity contribution in [3.63, 3.8) is 0 Å². The number of thioether (sulfide) groups is 1. The summed E-state index contributed by atoms with van der Waals surface area (Å²) in [6.07, 6.45) is 0. The summed E-state index contributed by atoms with van der Waals surface area (Å²) in [6, 6.07) is 5.39.